The van der Waals surface area contributed by atoms with Crippen LogP contribution in [-0.4, -0.2) is 23.3 Å². The lowest BCUT2D eigenvalue weighted by molar-refractivity contribution is -0.137. The topological polar surface area (TPSA) is 37.4 Å². The van der Waals surface area contributed by atoms with Gasteiger partial charge >= 0.3 is 0 Å². The summed E-state index contributed by atoms with van der Waals surface area (Å²) in [5.41, 5.74) is 0.568. The number of imide groups is 1. The Kier molecular flexibility index (Phi) is 2.17. The minimum Gasteiger partial charge on any atom is -0.275 e. The quantitative estimate of drug-likeness (QED) is 0.634. The van der Waals surface area contributed by atoms with Gasteiger partial charge < -0.3 is 0 Å². The second-order valence-electron chi connectivity index (χ2n) is 4.40. The molecule has 0 bridgehead atoms. The Balaban J connectivity index is 1.98. The normalized spacial score (nSPS) is 24.1. The summed E-state index contributed by atoms with van der Waals surface area (Å²) in [4.78, 5) is 24.3. The van der Waals surface area contributed by atoms with Crippen molar-refractivity contribution < 1.29 is 9.59 Å². The number of rotatable bonds is 3. The number of hydrogen-bond donors (Lipinski definition) is 0. The Bertz CT molecular complexity index is 315. The van der Waals surface area contributed by atoms with Crippen LogP contribution >= 0.6 is 0 Å². The van der Waals surface area contributed by atoms with E-state index in [0.29, 0.717) is 18.0 Å². The Hall–Kier alpha value is -1.12. The van der Waals surface area contributed by atoms with Crippen LogP contribution in [-0.2, 0) is 9.59 Å². The van der Waals surface area contributed by atoms with Crippen LogP contribution in [0.1, 0.15) is 26.7 Å². The van der Waals surface area contributed by atoms with Crippen LogP contribution in [0.15, 0.2) is 11.6 Å². The zero-order valence-electron chi connectivity index (χ0n) is 8.62. The molecule has 14 heavy (non-hydrogen) atoms. The van der Waals surface area contributed by atoms with Crippen molar-refractivity contribution in [2.45, 2.75) is 26.7 Å². The number of carbonyl (C=O) groups excluding carboxylic acids is 2. The van der Waals surface area contributed by atoms with Crippen LogP contribution in [0.2, 0.25) is 0 Å². The van der Waals surface area contributed by atoms with E-state index in [1.54, 1.807) is 6.92 Å². The first-order valence-corrected chi connectivity index (χ1v) is 5.13. The van der Waals surface area contributed by atoms with E-state index in [2.05, 4.69) is 6.92 Å². The monoisotopic (exact) mass is 193 g/mol. The summed E-state index contributed by atoms with van der Waals surface area (Å²) < 4.78 is 0. The SMILES string of the molecule is CC1=CC(=O)N(CC(C)C2CC2)C1=O. The Morgan fingerprint density at radius 1 is 1.50 bits per heavy atom. The summed E-state index contributed by atoms with van der Waals surface area (Å²) in [7, 11) is 0. The van der Waals surface area contributed by atoms with Gasteiger partial charge in [0.05, 0.1) is 0 Å². The third-order valence-corrected chi connectivity index (χ3v) is 3.09. The van der Waals surface area contributed by atoms with E-state index < -0.39 is 0 Å². The van der Waals surface area contributed by atoms with E-state index in [1.807, 2.05) is 0 Å². The molecule has 0 spiro atoms. The zero-order chi connectivity index (χ0) is 10.3. The Morgan fingerprint density at radius 2 is 2.14 bits per heavy atom. The summed E-state index contributed by atoms with van der Waals surface area (Å²) >= 11 is 0. The van der Waals surface area contributed by atoms with Crippen LogP contribution in [0.25, 0.3) is 0 Å². The summed E-state index contributed by atoms with van der Waals surface area (Å²) in [6.07, 6.45) is 3.94. The fraction of sp³-hybridized carbons (Fsp3) is 0.636. The predicted octanol–water partition coefficient (Wildman–Crippen LogP) is 1.35. The molecule has 1 aliphatic carbocycles. The molecular formula is C11H15NO2. The van der Waals surface area contributed by atoms with Crippen LogP contribution in [0.5, 0.6) is 0 Å². The Morgan fingerprint density at radius 3 is 2.57 bits per heavy atom. The first kappa shape index (κ1) is 9.44. The highest BCUT2D eigenvalue weighted by molar-refractivity contribution is 6.15. The van der Waals surface area contributed by atoms with E-state index in [1.165, 1.54) is 23.8 Å². The molecule has 1 aliphatic heterocycles. The van der Waals surface area contributed by atoms with E-state index in [4.69, 9.17) is 0 Å². The van der Waals surface area contributed by atoms with Crippen LogP contribution in [0, 0.1) is 11.8 Å². The highest BCUT2D eigenvalue weighted by Crippen LogP contribution is 2.37. The van der Waals surface area contributed by atoms with Crippen LogP contribution in [0.3, 0.4) is 0 Å². The first-order valence-electron chi connectivity index (χ1n) is 5.13. The van der Waals surface area contributed by atoms with Gasteiger partial charge in [-0.25, -0.2) is 0 Å². The molecule has 0 N–H and O–H groups in total. The first-order chi connectivity index (χ1) is 6.59. The lowest BCUT2D eigenvalue weighted by Crippen LogP contribution is -2.35. The average molecular weight is 193 g/mol. The molecule has 2 aliphatic rings. The molecule has 3 nitrogen and oxygen atoms in total. The number of hydrogen-bond acceptors (Lipinski definition) is 2. The Labute approximate surface area is 83.8 Å². The van der Waals surface area contributed by atoms with Gasteiger partial charge in [0.15, 0.2) is 0 Å². The summed E-state index contributed by atoms with van der Waals surface area (Å²) in [5.74, 6) is 0.946. The summed E-state index contributed by atoms with van der Waals surface area (Å²) in [5, 5.41) is 0. The molecule has 0 aromatic heterocycles. The maximum atomic E-state index is 11.5. The predicted molar refractivity (Wildman–Crippen MR) is 52.4 cm³/mol. The highest BCUT2D eigenvalue weighted by atomic mass is 16.2. The van der Waals surface area contributed by atoms with Gasteiger partial charge in [-0.1, -0.05) is 6.92 Å². The zero-order valence-corrected chi connectivity index (χ0v) is 8.62. The molecule has 0 saturated heterocycles. The molecule has 2 amide bonds. The second-order valence-corrected chi connectivity index (χ2v) is 4.40. The molecule has 1 unspecified atom stereocenters. The maximum absolute atomic E-state index is 11.5. The van der Waals surface area contributed by atoms with Crippen molar-refractivity contribution in [1.29, 1.82) is 0 Å². The lowest BCUT2D eigenvalue weighted by atomic mass is 10.1. The number of amides is 2. The lowest BCUT2D eigenvalue weighted by Gasteiger charge is -2.19. The molecule has 0 aromatic carbocycles. The van der Waals surface area contributed by atoms with Crippen molar-refractivity contribution in [2.24, 2.45) is 11.8 Å². The molecule has 1 atom stereocenters. The fourth-order valence-electron chi connectivity index (χ4n) is 1.91. The van der Waals surface area contributed by atoms with Gasteiger partial charge in [0.2, 0.25) is 0 Å². The third kappa shape index (κ3) is 1.59. The van der Waals surface area contributed by atoms with Gasteiger partial charge in [0.25, 0.3) is 11.8 Å². The van der Waals surface area contributed by atoms with Crippen molar-refractivity contribution in [2.75, 3.05) is 6.54 Å². The van der Waals surface area contributed by atoms with Crippen molar-refractivity contribution in [3.63, 3.8) is 0 Å². The molecule has 0 radical (unpaired) electrons. The molecule has 76 valence electrons. The van der Waals surface area contributed by atoms with Crippen molar-refractivity contribution in [3.05, 3.63) is 11.6 Å². The highest BCUT2D eigenvalue weighted by Gasteiger charge is 2.34. The van der Waals surface area contributed by atoms with Crippen molar-refractivity contribution >= 4 is 11.8 Å². The molecule has 1 fully saturated rings. The van der Waals surface area contributed by atoms with Gasteiger partial charge in [-0.3, -0.25) is 14.5 Å². The van der Waals surface area contributed by atoms with E-state index in [9.17, 15) is 9.59 Å². The summed E-state index contributed by atoms with van der Waals surface area (Å²) in [6, 6.07) is 0. The van der Waals surface area contributed by atoms with Gasteiger partial charge in [0, 0.05) is 18.2 Å². The number of nitrogens with zero attached hydrogens (tertiary/aromatic N) is 1. The van der Waals surface area contributed by atoms with E-state index >= 15 is 0 Å². The molecule has 2 rings (SSSR count). The van der Waals surface area contributed by atoms with Crippen molar-refractivity contribution in [3.8, 4) is 0 Å². The minimum absolute atomic E-state index is 0.109. The minimum atomic E-state index is -0.139. The van der Waals surface area contributed by atoms with Crippen LogP contribution in [0.4, 0.5) is 0 Å². The molecular weight excluding hydrogens is 178 g/mol. The average Bonchev–Trinajstić information content (AvgIpc) is 2.91. The maximum Gasteiger partial charge on any atom is 0.256 e. The van der Waals surface area contributed by atoms with Gasteiger partial charge in [-0.15, -0.1) is 0 Å². The standard InChI is InChI=1S/C11H15NO2/c1-7-5-10(13)12(11(7)14)6-8(2)9-3-4-9/h5,8-9H,3-4,6H2,1-2H3. The number of carbonyl (C=O) groups is 2. The van der Waals surface area contributed by atoms with Gasteiger partial charge in [0.1, 0.15) is 0 Å². The molecule has 1 heterocycles. The molecule has 3 heteroatoms. The van der Waals surface area contributed by atoms with Crippen LogP contribution < -0.4 is 0 Å². The van der Waals surface area contributed by atoms with Crippen molar-refractivity contribution in [1.82, 2.24) is 4.90 Å². The molecule has 1 saturated carbocycles. The smallest absolute Gasteiger partial charge is 0.256 e. The van der Waals surface area contributed by atoms with Gasteiger partial charge in [-0.2, -0.15) is 0 Å². The third-order valence-electron chi connectivity index (χ3n) is 3.09. The fourth-order valence-corrected chi connectivity index (χ4v) is 1.91. The summed E-state index contributed by atoms with van der Waals surface area (Å²) in [6.45, 7) is 4.41. The van der Waals surface area contributed by atoms with Gasteiger partial charge in [-0.05, 0) is 31.6 Å². The van der Waals surface area contributed by atoms with E-state index in [-0.39, 0.29) is 11.8 Å². The van der Waals surface area contributed by atoms with E-state index in [0.717, 1.165) is 5.92 Å². The largest absolute Gasteiger partial charge is 0.275 e. The molecule has 0 aromatic rings. The second kappa shape index (κ2) is 3.23.